The van der Waals surface area contributed by atoms with E-state index in [1.807, 2.05) is 38.1 Å². The standard InChI is InChI=1S/C11H13N5S2/c1-7-3-5-9(6-4-7)12-10(17)15-16-8(2)13-14-11(16)18/h3-6H,1-2H3,(H,14,18)(H2,12,15,17). The SMILES string of the molecule is Cc1ccc(NC(=S)Nn2c(C)n[nH]c2=S)cc1. The lowest BCUT2D eigenvalue weighted by Gasteiger charge is -2.11. The largest absolute Gasteiger partial charge is 0.331 e. The van der Waals surface area contributed by atoms with Crippen LogP contribution in [0.1, 0.15) is 11.4 Å². The first-order valence-electron chi connectivity index (χ1n) is 5.35. The molecule has 2 aromatic rings. The van der Waals surface area contributed by atoms with E-state index in [4.69, 9.17) is 24.4 Å². The summed E-state index contributed by atoms with van der Waals surface area (Å²) >= 11 is 10.3. The molecule has 1 aromatic carbocycles. The third kappa shape index (κ3) is 2.93. The van der Waals surface area contributed by atoms with Crippen molar-refractivity contribution in [3.63, 3.8) is 0 Å². The first kappa shape index (κ1) is 12.7. The molecule has 2 rings (SSSR count). The van der Waals surface area contributed by atoms with Crippen molar-refractivity contribution in [2.75, 3.05) is 10.7 Å². The number of hydrogen-bond acceptors (Lipinski definition) is 3. The average Bonchev–Trinajstić information content (AvgIpc) is 2.64. The molecule has 1 aromatic heterocycles. The summed E-state index contributed by atoms with van der Waals surface area (Å²) < 4.78 is 2.08. The Kier molecular flexibility index (Phi) is 3.73. The number of hydrogen-bond donors (Lipinski definition) is 3. The number of aryl methyl sites for hydroxylation is 2. The summed E-state index contributed by atoms with van der Waals surface area (Å²) in [7, 11) is 0. The van der Waals surface area contributed by atoms with Crippen LogP contribution in [0.15, 0.2) is 24.3 Å². The number of benzene rings is 1. The van der Waals surface area contributed by atoms with E-state index in [1.54, 1.807) is 4.68 Å². The average molecular weight is 279 g/mol. The summed E-state index contributed by atoms with van der Waals surface area (Å²) in [4.78, 5) is 0. The van der Waals surface area contributed by atoms with Crippen molar-refractivity contribution < 1.29 is 0 Å². The van der Waals surface area contributed by atoms with Crippen LogP contribution in [0.3, 0.4) is 0 Å². The summed E-state index contributed by atoms with van der Waals surface area (Å²) in [5.74, 6) is 0.716. The Morgan fingerprint density at radius 1 is 1.28 bits per heavy atom. The number of H-pyrrole nitrogens is 1. The molecule has 0 radical (unpaired) electrons. The van der Waals surface area contributed by atoms with Crippen molar-refractivity contribution in [3.05, 3.63) is 40.4 Å². The molecule has 18 heavy (non-hydrogen) atoms. The molecule has 0 amide bonds. The van der Waals surface area contributed by atoms with Crippen molar-refractivity contribution in [1.29, 1.82) is 0 Å². The normalized spacial score (nSPS) is 10.1. The van der Waals surface area contributed by atoms with E-state index in [-0.39, 0.29) is 0 Å². The van der Waals surface area contributed by atoms with Crippen LogP contribution in [0.25, 0.3) is 0 Å². The fourth-order valence-corrected chi connectivity index (χ4v) is 1.84. The van der Waals surface area contributed by atoms with Gasteiger partial charge in [-0.1, -0.05) is 17.7 Å². The van der Waals surface area contributed by atoms with Crippen LogP contribution < -0.4 is 10.7 Å². The highest BCUT2D eigenvalue weighted by Gasteiger charge is 2.03. The number of anilines is 1. The van der Waals surface area contributed by atoms with E-state index in [0.717, 1.165) is 5.69 Å². The van der Waals surface area contributed by atoms with E-state index >= 15 is 0 Å². The van der Waals surface area contributed by atoms with Crippen LogP contribution in [0, 0.1) is 18.6 Å². The summed E-state index contributed by atoms with van der Waals surface area (Å²) in [5, 5.41) is 10.2. The van der Waals surface area contributed by atoms with E-state index < -0.39 is 0 Å². The fourth-order valence-electron chi connectivity index (χ4n) is 1.40. The number of nitrogens with one attached hydrogen (secondary N) is 3. The van der Waals surface area contributed by atoms with Gasteiger partial charge in [0.25, 0.3) is 0 Å². The van der Waals surface area contributed by atoms with Crippen molar-refractivity contribution >= 4 is 35.2 Å². The predicted molar refractivity (Wildman–Crippen MR) is 78.9 cm³/mol. The summed E-state index contributed by atoms with van der Waals surface area (Å²) in [6.07, 6.45) is 0. The topological polar surface area (TPSA) is 57.7 Å². The lowest BCUT2D eigenvalue weighted by molar-refractivity contribution is 0.900. The molecule has 1 heterocycles. The number of nitrogens with zero attached hydrogens (tertiary/aromatic N) is 2. The smallest absolute Gasteiger partial charge is 0.214 e. The zero-order valence-electron chi connectivity index (χ0n) is 10.0. The number of aromatic nitrogens is 3. The molecule has 0 saturated heterocycles. The van der Waals surface area contributed by atoms with Crippen LogP contribution in [-0.4, -0.2) is 20.0 Å². The van der Waals surface area contributed by atoms with Gasteiger partial charge < -0.3 is 5.32 Å². The lowest BCUT2D eigenvalue weighted by Crippen LogP contribution is -2.28. The minimum Gasteiger partial charge on any atom is -0.331 e. The second kappa shape index (κ2) is 5.28. The van der Waals surface area contributed by atoms with Gasteiger partial charge in [0.05, 0.1) is 0 Å². The zero-order valence-corrected chi connectivity index (χ0v) is 11.7. The van der Waals surface area contributed by atoms with E-state index in [1.165, 1.54) is 5.56 Å². The van der Waals surface area contributed by atoms with Gasteiger partial charge in [-0.15, -0.1) is 0 Å². The maximum absolute atomic E-state index is 5.21. The molecule has 0 unspecified atom stereocenters. The molecule has 7 heteroatoms. The molecule has 0 atom stereocenters. The Bertz CT molecular complexity index is 611. The molecular weight excluding hydrogens is 266 g/mol. The molecule has 3 N–H and O–H groups in total. The second-order valence-electron chi connectivity index (χ2n) is 3.84. The Morgan fingerprint density at radius 3 is 2.50 bits per heavy atom. The van der Waals surface area contributed by atoms with Gasteiger partial charge in [-0.25, -0.2) is 4.68 Å². The van der Waals surface area contributed by atoms with Gasteiger partial charge in [-0.05, 0) is 50.4 Å². The molecule has 94 valence electrons. The zero-order chi connectivity index (χ0) is 13.1. The van der Waals surface area contributed by atoms with Crippen molar-refractivity contribution in [3.8, 4) is 0 Å². The van der Waals surface area contributed by atoms with Gasteiger partial charge in [0.2, 0.25) is 4.77 Å². The first-order valence-corrected chi connectivity index (χ1v) is 6.16. The van der Waals surface area contributed by atoms with Crippen LogP contribution in [0.4, 0.5) is 5.69 Å². The maximum Gasteiger partial charge on any atom is 0.214 e. The maximum atomic E-state index is 5.21. The Morgan fingerprint density at radius 2 is 1.94 bits per heavy atom. The molecule has 0 aliphatic heterocycles. The van der Waals surface area contributed by atoms with Gasteiger partial charge in [0, 0.05) is 5.69 Å². The van der Waals surface area contributed by atoms with Crippen molar-refractivity contribution in [1.82, 2.24) is 14.9 Å². The van der Waals surface area contributed by atoms with Gasteiger partial charge in [-0.2, -0.15) is 5.10 Å². The number of aromatic amines is 1. The third-order valence-electron chi connectivity index (χ3n) is 2.36. The Labute approximate surface area is 115 Å². The molecular formula is C11H13N5S2. The summed E-state index contributed by atoms with van der Waals surface area (Å²) in [5.41, 5.74) is 5.08. The second-order valence-corrected chi connectivity index (χ2v) is 4.64. The predicted octanol–water partition coefficient (Wildman–Crippen LogP) is 2.50. The van der Waals surface area contributed by atoms with Gasteiger partial charge in [0.15, 0.2) is 5.11 Å². The number of thiocarbonyl (C=S) groups is 1. The molecule has 0 aliphatic carbocycles. The molecule has 0 spiro atoms. The van der Waals surface area contributed by atoms with E-state index in [0.29, 0.717) is 15.7 Å². The quantitative estimate of drug-likeness (QED) is 0.737. The molecule has 0 fully saturated rings. The highest BCUT2D eigenvalue weighted by atomic mass is 32.1. The summed E-state index contributed by atoms with van der Waals surface area (Å²) in [6.45, 7) is 3.86. The highest BCUT2D eigenvalue weighted by Crippen LogP contribution is 2.08. The minimum atomic E-state index is 0.458. The van der Waals surface area contributed by atoms with Crippen LogP contribution >= 0.6 is 24.4 Å². The van der Waals surface area contributed by atoms with Crippen molar-refractivity contribution in [2.45, 2.75) is 13.8 Å². The Balaban J connectivity index is 2.05. The van der Waals surface area contributed by atoms with Crippen LogP contribution in [0.5, 0.6) is 0 Å². The Hall–Kier alpha value is -1.73. The lowest BCUT2D eigenvalue weighted by atomic mass is 10.2. The molecule has 0 aliphatic rings. The summed E-state index contributed by atoms with van der Waals surface area (Å²) in [6, 6.07) is 7.95. The van der Waals surface area contributed by atoms with Gasteiger partial charge in [0.1, 0.15) is 5.82 Å². The minimum absolute atomic E-state index is 0.458. The van der Waals surface area contributed by atoms with Crippen LogP contribution in [-0.2, 0) is 0 Å². The molecule has 0 bridgehead atoms. The van der Waals surface area contributed by atoms with Gasteiger partial charge >= 0.3 is 0 Å². The highest BCUT2D eigenvalue weighted by molar-refractivity contribution is 7.80. The van der Waals surface area contributed by atoms with E-state index in [9.17, 15) is 0 Å². The molecule has 0 saturated carbocycles. The third-order valence-corrected chi connectivity index (χ3v) is 2.83. The fraction of sp³-hybridized carbons (Fsp3) is 0.182. The molecule has 5 nitrogen and oxygen atoms in total. The van der Waals surface area contributed by atoms with Crippen molar-refractivity contribution in [2.24, 2.45) is 0 Å². The first-order chi connectivity index (χ1) is 8.56. The van der Waals surface area contributed by atoms with Crippen LogP contribution in [0.2, 0.25) is 0 Å². The van der Waals surface area contributed by atoms with Gasteiger partial charge in [-0.3, -0.25) is 10.5 Å². The van der Waals surface area contributed by atoms with E-state index in [2.05, 4.69) is 20.9 Å². The number of rotatable bonds is 2. The monoisotopic (exact) mass is 279 g/mol.